The minimum atomic E-state index is -1.76. The average Bonchev–Trinajstić information content (AvgIpc) is 2.54. The van der Waals surface area contributed by atoms with E-state index in [0.717, 1.165) is 0 Å². The van der Waals surface area contributed by atoms with E-state index >= 15 is 0 Å². The quantitative estimate of drug-likeness (QED) is 0.262. The summed E-state index contributed by atoms with van der Waals surface area (Å²) in [7, 11) is 0. The fraction of sp³-hybridized carbons (Fsp3) is 0.706. The molecule has 1 rings (SSSR count). The summed E-state index contributed by atoms with van der Waals surface area (Å²) in [6, 6.07) is 11.6. The zero-order valence-corrected chi connectivity index (χ0v) is 36.9. The second kappa shape index (κ2) is 14.9. The minimum absolute atomic E-state index is 0.188. The topological polar surface area (TPSA) is 0 Å². The fourth-order valence-corrected chi connectivity index (χ4v) is 40.2. The predicted octanol–water partition coefficient (Wildman–Crippen LogP) is 10.3. The second-order valence-electron chi connectivity index (χ2n) is 17.0. The van der Waals surface area contributed by atoms with Crippen molar-refractivity contribution < 1.29 is 0 Å². The Kier molecular flexibility index (Phi) is 15.2. The molecule has 0 amide bonds. The SMILES string of the molecule is CC(C)(C)/C=[C](/[Ge][C](C)(C)C)[Ge](/[C](=C\C(C)(C)C)[Ge][C](C)(C)C)[c]1ccccc1.C[C](C)(C)[Ge][C](C)(C)C. The van der Waals surface area contributed by atoms with Crippen molar-refractivity contribution >= 4 is 65.0 Å². The van der Waals surface area contributed by atoms with E-state index in [-0.39, 0.29) is 57.1 Å². The van der Waals surface area contributed by atoms with Gasteiger partial charge in [-0.25, -0.2) is 0 Å². The van der Waals surface area contributed by atoms with E-state index in [2.05, 4.69) is 167 Å². The van der Waals surface area contributed by atoms with Crippen LogP contribution in [0.25, 0.3) is 0 Å². The van der Waals surface area contributed by atoms with Crippen LogP contribution in [-0.2, 0) is 0 Å². The van der Waals surface area contributed by atoms with Crippen molar-refractivity contribution in [3.8, 4) is 0 Å². The van der Waals surface area contributed by atoms with E-state index in [0.29, 0.717) is 17.0 Å². The summed E-state index contributed by atoms with van der Waals surface area (Å²) >= 11 is -1.92. The van der Waals surface area contributed by atoms with Gasteiger partial charge in [-0.2, -0.15) is 0 Å². The summed E-state index contributed by atoms with van der Waals surface area (Å²) in [5, 5.41) is 0. The van der Waals surface area contributed by atoms with Crippen molar-refractivity contribution in [1.29, 1.82) is 0 Å². The monoisotopic (exact) mass is 765 g/mol. The first kappa shape index (κ1) is 38.9. The van der Waals surface area contributed by atoms with Crippen LogP contribution in [0.2, 0.25) is 17.0 Å². The molecule has 0 atom stereocenters. The summed E-state index contributed by atoms with van der Waals surface area (Å²) in [5.74, 6) is 0. The van der Waals surface area contributed by atoms with Gasteiger partial charge in [-0.3, -0.25) is 0 Å². The molecule has 0 saturated heterocycles. The summed E-state index contributed by atoms with van der Waals surface area (Å²) in [6.07, 6.45) is 5.40. The zero-order chi connectivity index (χ0) is 30.4. The van der Waals surface area contributed by atoms with Gasteiger partial charge in [-0.1, -0.05) is 0 Å². The normalized spacial score (nSPS) is 14.9. The summed E-state index contributed by atoms with van der Waals surface area (Å²) in [5.41, 5.74) is 0.484. The molecule has 0 N–H and O–H groups in total. The molecule has 0 aliphatic heterocycles. The number of benzene rings is 1. The first-order valence-electron chi connectivity index (χ1n) is 14.3. The Morgan fingerprint density at radius 2 is 0.816 bits per heavy atom. The standard InChI is InChI=1S/C26H43Ge3.C8H18Ge/c1-23(2,3)18-21(27-25(7,8)9)29(20-16-14-13-15-17-20)22(19-24(4,5)6)28-26(10,11)12;1-7(2,3)9-8(4,5)6/h13-19H,1-12H3;1-6H3/b21-18-,22-19-;. The Labute approximate surface area is 264 Å². The molecule has 1 aromatic rings. The molecule has 0 aliphatic carbocycles. The molecular weight excluding hydrogens is 699 g/mol. The van der Waals surface area contributed by atoms with Crippen LogP contribution in [-0.4, -0.2) is 60.6 Å². The Hall–Kier alpha value is 0.871. The van der Waals surface area contributed by atoms with E-state index in [4.69, 9.17) is 0 Å². The molecule has 0 nitrogen and oxygen atoms in total. The maximum absolute atomic E-state index is 2.70. The molecule has 0 heterocycles. The van der Waals surface area contributed by atoms with Gasteiger partial charge in [0, 0.05) is 0 Å². The van der Waals surface area contributed by atoms with E-state index in [1.807, 2.05) is 6.48 Å². The van der Waals surface area contributed by atoms with Crippen LogP contribution in [0, 0.1) is 10.8 Å². The number of hydrogen-bond donors (Lipinski definition) is 0. The van der Waals surface area contributed by atoms with Crippen molar-refractivity contribution in [2.24, 2.45) is 10.8 Å². The van der Waals surface area contributed by atoms with Gasteiger partial charge in [-0.05, 0) is 0 Å². The second-order valence-corrected chi connectivity index (χ2v) is 42.8. The van der Waals surface area contributed by atoms with Crippen LogP contribution in [0.1, 0.15) is 125 Å². The van der Waals surface area contributed by atoms with Crippen LogP contribution in [0.15, 0.2) is 49.0 Å². The molecule has 38 heavy (non-hydrogen) atoms. The van der Waals surface area contributed by atoms with Crippen molar-refractivity contribution in [3.63, 3.8) is 0 Å². The van der Waals surface area contributed by atoms with Crippen LogP contribution in [0.4, 0.5) is 0 Å². The summed E-state index contributed by atoms with van der Waals surface area (Å²) < 4.78 is 7.51. The van der Waals surface area contributed by atoms with Crippen molar-refractivity contribution in [2.75, 3.05) is 0 Å². The van der Waals surface area contributed by atoms with E-state index in [1.165, 1.54) is 0 Å². The molecule has 0 spiro atoms. The fourth-order valence-electron chi connectivity index (χ4n) is 4.20. The van der Waals surface area contributed by atoms with Gasteiger partial charge in [0.25, 0.3) is 0 Å². The molecule has 0 aromatic heterocycles. The van der Waals surface area contributed by atoms with E-state index < -0.39 is 14.3 Å². The van der Waals surface area contributed by atoms with E-state index in [9.17, 15) is 0 Å². The van der Waals surface area contributed by atoms with Crippen LogP contribution < -0.4 is 4.40 Å². The van der Waals surface area contributed by atoms with E-state index in [1.54, 1.807) is 4.40 Å². The van der Waals surface area contributed by atoms with Crippen LogP contribution in [0.3, 0.4) is 0 Å². The number of hydrogen-bond acceptors (Lipinski definition) is 0. The van der Waals surface area contributed by atoms with Gasteiger partial charge in [0.05, 0.1) is 0 Å². The predicted molar refractivity (Wildman–Crippen MR) is 183 cm³/mol. The Balaban J connectivity index is 0.00000129. The summed E-state index contributed by atoms with van der Waals surface area (Å²) in [6.45, 7) is 43.1. The molecule has 4 heteroatoms. The van der Waals surface area contributed by atoms with Gasteiger partial charge in [0.2, 0.25) is 0 Å². The van der Waals surface area contributed by atoms with Gasteiger partial charge < -0.3 is 0 Å². The van der Waals surface area contributed by atoms with Crippen LogP contribution in [0.5, 0.6) is 0 Å². The molecule has 0 aliphatic rings. The molecule has 0 bridgehead atoms. The molecular formula is C34H61Ge4. The van der Waals surface area contributed by atoms with Crippen molar-refractivity contribution in [3.05, 3.63) is 49.0 Å². The van der Waals surface area contributed by atoms with Gasteiger partial charge in [-0.15, -0.1) is 0 Å². The maximum atomic E-state index is 2.70. The third-order valence-electron chi connectivity index (χ3n) is 4.53. The number of rotatable bonds is 5. The number of allylic oxidation sites excluding steroid dienone is 2. The summed E-state index contributed by atoms with van der Waals surface area (Å²) in [4.78, 5) is 0. The molecule has 213 valence electrons. The Bertz CT molecular complexity index is 826. The first-order valence-corrected chi connectivity index (χ1v) is 23.8. The first-order chi connectivity index (χ1) is 16.6. The molecule has 0 saturated carbocycles. The van der Waals surface area contributed by atoms with Crippen molar-refractivity contribution in [2.45, 2.75) is 142 Å². The third-order valence-corrected chi connectivity index (χ3v) is 25.5. The Morgan fingerprint density at radius 1 is 0.500 bits per heavy atom. The molecule has 0 unspecified atom stereocenters. The molecule has 1 aromatic carbocycles. The van der Waals surface area contributed by atoms with Gasteiger partial charge in [0.15, 0.2) is 0 Å². The Morgan fingerprint density at radius 3 is 1.03 bits per heavy atom. The molecule has 7 radical (unpaired) electrons. The van der Waals surface area contributed by atoms with Gasteiger partial charge in [0.1, 0.15) is 0 Å². The average molecular weight is 760 g/mol. The zero-order valence-electron chi connectivity index (χ0n) is 28.5. The van der Waals surface area contributed by atoms with Crippen LogP contribution >= 0.6 is 0 Å². The van der Waals surface area contributed by atoms with Gasteiger partial charge >= 0.3 is 266 Å². The molecule has 0 fully saturated rings. The van der Waals surface area contributed by atoms with Crippen molar-refractivity contribution in [1.82, 2.24) is 0 Å². The third kappa shape index (κ3) is 21.6.